The molecule has 0 N–H and O–H groups in total. The summed E-state index contributed by atoms with van der Waals surface area (Å²) in [7, 11) is 0. The van der Waals surface area contributed by atoms with Crippen molar-refractivity contribution in [1.29, 1.82) is 0 Å². The molecule has 0 spiro atoms. The number of hydrazone groups is 1. The van der Waals surface area contributed by atoms with Crippen LogP contribution in [-0.4, -0.2) is 39.6 Å². The molecule has 1 fully saturated rings. The Morgan fingerprint density at radius 1 is 1.11 bits per heavy atom. The summed E-state index contributed by atoms with van der Waals surface area (Å²) in [5.41, 5.74) is 0.513. The summed E-state index contributed by atoms with van der Waals surface area (Å²) in [4.78, 5) is 15.1. The molecule has 188 valence electrons. The number of amides is 2. The summed E-state index contributed by atoms with van der Waals surface area (Å²) in [6, 6.07) is 9.63. The van der Waals surface area contributed by atoms with Gasteiger partial charge < -0.3 is 0 Å². The molecule has 1 aliphatic heterocycles. The first-order valence-electron chi connectivity index (χ1n) is 11.5. The molecule has 2 heterocycles. The zero-order valence-corrected chi connectivity index (χ0v) is 19.8. The van der Waals surface area contributed by atoms with E-state index in [1.807, 2.05) is 0 Å². The van der Waals surface area contributed by atoms with Crippen LogP contribution in [-0.2, 0) is 6.18 Å². The third-order valence-corrected chi connectivity index (χ3v) is 6.46. The monoisotopic (exact) mass is 519 g/mol. The minimum Gasteiger partial charge on any atom is -0.293 e. The molecule has 2 aromatic carbocycles. The highest BCUT2D eigenvalue weighted by atomic mass is 35.5. The molecule has 11 heteroatoms. The Bertz CT molecular complexity index is 1290. The number of anilines is 1. The molecule has 0 bridgehead atoms. The normalized spacial score (nSPS) is 18.2. The second-order valence-electron chi connectivity index (χ2n) is 8.94. The minimum atomic E-state index is -4.47. The number of carbonyl (C=O) groups is 1. The van der Waals surface area contributed by atoms with Gasteiger partial charge in [-0.05, 0) is 61.6 Å². The fraction of sp³-hybridized carbons (Fsp3) is 0.320. The van der Waals surface area contributed by atoms with Gasteiger partial charge in [-0.2, -0.15) is 23.4 Å². The number of hydrogen-bond donors (Lipinski definition) is 0. The lowest BCUT2D eigenvalue weighted by Gasteiger charge is -2.33. The van der Waals surface area contributed by atoms with E-state index < -0.39 is 23.6 Å². The molecule has 2 amide bonds. The average molecular weight is 520 g/mol. The summed E-state index contributed by atoms with van der Waals surface area (Å²) in [5, 5.41) is 10.6. The van der Waals surface area contributed by atoms with E-state index in [2.05, 4.69) is 10.2 Å². The number of hydrogen-bond acceptors (Lipinski definition) is 3. The van der Waals surface area contributed by atoms with Gasteiger partial charge in [0.25, 0.3) is 0 Å². The summed E-state index contributed by atoms with van der Waals surface area (Å²) in [6.07, 6.45) is 0.994. The predicted molar refractivity (Wildman–Crippen MR) is 127 cm³/mol. The van der Waals surface area contributed by atoms with Gasteiger partial charge in [-0.15, -0.1) is 0 Å². The first kappa shape index (κ1) is 24.3. The van der Waals surface area contributed by atoms with Crippen molar-refractivity contribution in [2.24, 2.45) is 11.0 Å². The quantitative estimate of drug-likeness (QED) is 0.367. The van der Waals surface area contributed by atoms with Crippen LogP contribution in [0.25, 0.3) is 0 Å². The molecular weight excluding hydrogens is 498 g/mol. The van der Waals surface area contributed by atoms with Crippen LogP contribution in [0, 0.1) is 11.7 Å². The zero-order valence-electron chi connectivity index (χ0n) is 19.0. The molecule has 1 aromatic heterocycles. The maximum Gasteiger partial charge on any atom is 0.416 e. The first-order valence-corrected chi connectivity index (χ1v) is 11.9. The Kier molecular flexibility index (Phi) is 6.46. The SMILES string of the molecule is O=C(N1CCC(n2cc(Cl)cn2)C(c2cccc(F)c2)=N1)N(CC1CC1)c1ccc(C(F)(F)F)cc1. The Hall–Kier alpha value is -3.40. The number of aromatic nitrogens is 2. The predicted octanol–water partition coefficient (Wildman–Crippen LogP) is 6.38. The topological polar surface area (TPSA) is 53.7 Å². The van der Waals surface area contributed by atoms with E-state index >= 15 is 0 Å². The van der Waals surface area contributed by atoms with E-state index in [1.54, 1.807) is 23.0 Å². The van der Waals surface area contributed by atoms with E-state index in [-0.39, 0.29) is 18.5 Å². The van der Waals surface area contributed by atoms with Crippen LogP contribution >= 0.6 is 11.6 Å². The third-order valence-electron chi connectivity index (χ3n) is 6.26. The first-order chi connectivity index (χ1) is 17.2. The molecule has 1 unspecified atom stereocenters. The minimum absolute atomic E-state index is 0.238. The van der Waals surface area contributed by atoms with E-state index in [9.17, 15) is 22.4 Å². The third kappa shape index (κ3) is 5.23. The Morgan fingerprint density at radius 2 is 1.86 bits per heavy atom. The second kappa shape index (κ2) is 9.57. The van der Waals surface area contributed by atoms with E-state index in [0.717, 1.165) is 25.0 Å². The number of alkyl halides is 3. The van der Waals surface area contributed by atoms with Gasteiger partial charge in [0, 0.05) is 30.5 Å². The maximum absolute atomic E-state index is 14.1. The van der Waals surface area contributed by atoms with Crippen molar-refractivity contribution in [1.82, 2.24) is 14.8 Å². The van der Waals surface area contributed by atoms with E-state index in [0.29, 0.717) is 35.0 Å². The number of halogens is 5. The highest BCUT2D eigenvalue weighted by Gasteiger charge is 2.35. The van der Waals surface area contributed by atoms with Crippen molar-refractivity contribution in [2.75, 3.05) is 18.0 Å². The average Bonchev–Trinajstić information content (AvgIpc) is 3.58. The van der Waals surface area contributed by atoms with Crippen molar-refractivity contribution in [3.63, 3.8) is 0 Å². The standard InChI is InChI=1S/C25H22ClF4N5O/c26-19-13-31-35(15-19)22-10-11-34(32-23(22)17-2-1-3-20(27)12-17)24(36)33(14-16-4-5-16)21-8-6-18(7-9-21)25(28,29)30/h1-3,6-9,12-13,15-16,22H,4-5,10-11,14H2. The van der Waals surface area contributed by atoms with Crippen LogP contribution < -0.4 is 4.90 Å². The van der Waals surface area contributed by atoms with Crippen LogP contribution in [0.2, 0.25) is 5.02 Å². The largest absolute Gasteiger partial charge is 0.416 e. The van der Waals surface area contributed by atoms with Gasteiger partial charge in [-0.1, -0.05) is 23.7 Å². The molecule has 6 nitrogen and oxygen atoms in total. The van der Waals surface area contributed by atoms with E-state index in [1.165, 1.54) is 40.4 Å². The Labute approximate surface area is 209 Å². The number of carbonyl (C=O) groups excluding carboxylic acids is 1. The summed E-state index contributed by atoms with van der Waals surface area (Å²) < 4.78 is 54.8. The molecule has 0 radical (unpaired) electrons. The lowest BCUT2D eigenvalue weighted by molar-refractivity contribution is -0.137. The number of rotatable bonds is 5. The highest BCUT2D eigenvalue weighted by Crippen LogP contribution is 2.35. The maximum atomic E-state index is 14.1. The lowest BCUT2D eigenvalue weighted by atomic mass is 9.99. The molecule has 0 saturated heterocycles. The van der Waals surface area contributed by atoms with Crippen LogP contribution in [0.4, 0.5) is 28.0 Å². The van der Waals surface area contributed by atoms with Crippen LogP contribution in [0.3, 0.4) is 0 Å². The van der Waals surface area contributed by atoms with Crippen molar-refractivity contribution in [3.8, 4) is 0 Å². The van der Waals surface area contributed by atoms with Gasteiger partial charge in [0.2, 0.25) is 0 Å². The summed E-state index contributed by atoms with van der Waals surface area (Å²) in [5.74, 6) is -0.164. The van der Waals surface area contributed by atoms with Crippen molar-refractivity contribution >= 4 is 29.0 Å². The second-order valence-corrected chi connectivity index (χ2v) is 9.38. The van der Waals surface area contributed by atoms with Crippen LogP contribution in [0.5, 0.6) is 0 Å². The van der Waals surface area contributed by atoms with Gasteiger partial charge >= 0.3 is 12.2 Å². The van der Waals surface area contributed by atoms with E-state index in [4.69, 9.17) is 11.6 Å². The summed E-state index contributed by atoms with van der Waals surface area (Å²) in [6.45, 7) is 0.616. The van der Waals surface area contributed by atoms with Crippen molar-refractivity contribution in [2.45, 2.75) is 31.5 Å². The molecule has 1 atom stereocenters. The molecule has 3 aromatic rings. The molecular formula is C25H22ClF4N5O. The van der Waals surface area contributed by atoms with Gasteiger partial charge in [-0.25, -0.2) is 14.2 Å². The molecule has 5 rings (SSSR count). The van der Waals surface area contributed by atoms with Crippen LogP contribution in [0.15, 0.2) is 66.0 Å². The molecule has 2 aliphatic rings. The van der Waals surface area contributed by atoms with Gasteiger partial charge in [-0.3, -0.25) is 9.58 Å². The number of urea groups is 1. The molecule has 1 saturated carbocycles. The van der Waals surface area contributed by atoms with Crippen LogP contribution in [0.1, 0.15) is 36.4 Å². The van der Waals surface area contributed by atoms with Crippen molar-refractivity contribution in [3.05, 3.63) is 82.9 Å². The number of nitrogens with zero attached hydrogens (tertiary/aromatic N) is 5. The molecule has 1 aliphatic carbocycles. The van der Waals surface area contributed by atoms with Gasteiger partial charge in [0.15, 0.2) is 0 Å². The van der Waals surface area contributed by atoms with Gasteiger partial charge in [0.05, 0.1) is 28.5 Å². The number of benzene rings is 2. The fourth-order valence-corrected chi connectivity index (χ4v) is 4.37. The Morgan fingerprint density at radius 3 is 2.47 bits per heavy atom. The smallest absolute Gasteiger partial charge is 0.293 e. The lowest BCUT2D eigenvalue weighted by Crippen LogP contribution is -2.46. The van der Waals surface area contributed by atoms with Crippen molar-refractivity contribution < 1.29 is 22.4 Å². The Balaban J connectivity index is 1.49. The fourth-order valence-electron chi connectivity index (χ4n) is 4.23. The zero-order chi connectivity index (χ0) is 25.4. The highest BCUT2D eigenvalue weighted by molar-refractivity contribution is 6.30. The molecule has 36 heavy (non-hydrogen) atoms. The summed E-state index contributed by atoms with van der Waals surface area (Å²) >= 11 is 6.06. The van der Waals surface area contributed by atoms with Gasteiger partial charge in [0.1, 0.15) is 5.82 Å².